The largest absolute Gasteiger partial charge is 0.453 e. The molecular weight excluding hydrogens is 633 g/mol. The number of benzene rings is 5. The lowest BCUT2D eigenvalue weighted by molar-refractivity contribution is 0.316. The zero-order chi connectivity index (χ0) is 34.8. The number of fused-ring (bicyclic) bond motifs is 6. The monoisotopic (exact) mass is 674 g/mol. The van der Waals surface area contributed by atoms with Crippen LogP contribution in [0.4, 0.5) is 28.4 Å². The Balaban J connectivity index is 0.897. The predicted molar refractivity (Wildman–Crippen MR) is 215 cm³/mol. The number of aryl methyl sites for hydroxylation is 2. The zero-order valence-electron chi connectivity index (χ0n) is 29.8. The van der Waals surface area contributed by atoms with Gasteiger partial charge in [0.05, 0.1) is 17.4 Å². The van der Waals surface area contributed by atoms with Gasteiger partial charge in [0.15, 0.2) is 11.5 Å². The lowest BCUT2D eigenvalue weighted by Gasteiger charge is -2.40. The summed E-state index contributed by atoms with van der Waals surface area (Å²) in [6.07, 6.45) is 18.4. The summed E-state index contributed by atoms with van der Waals surface area (Å²) >= 11 is 0. The maximum absolute atomic E-state index is 6.33. The van der Waals surface area contributed by atoms with Crippen LogP contribution in [0.25, 0.3) is 6.08 Å². The predicted octanol–water partition coefficient (Wildman–Crippen LogP) is 12.7. The molecule has 2 heterocycles. The van der Waals surface area contributed by atoms with Gasteiger partial charge in [0.25, 0.3) is 0 Å². The van der Waals surface area contributed by atoms with Crippen LogP contribution in [0.3, 0.4) is 0 Å². The van der Waals surface area contributed by atoms with Gasteiger partial charge in [-0.2, -0.15) is 0 Å². The van der Waals surface area contributed by atoms with E-state index in [2.05, 4.69) is 181 Å². The van der Waals surface area contributed by atoms with E-state index in [1.807, 2.05) is 0 Å². The highest BCUT2D eigenvalue weighted by Crippen LogP contribution is 2.58. The Kier molecular flexibility index (Phi) is 7.25. The number of hydrogen-bond acceptors (Lipinski definition) is 3. The molecule has 52 heavy (non-hydrogen) atoms. The molecule has 3 nitrogen and oxygen atoms in total. The topological polar surface area (TPSA) is 15.7 Å². The highest BCUT2D eigenvalue weighted by Gasteiger charge is 2.47. The molecule has 0 spiro atoms. The van der Waals surface area contributed by atoms with Crippen molar-refractivity contribution in [1.29, 1.82) is 0 Å². The van der Waals surface area contributed by atoms with Crippen molar-refractivity contribution in [2.45, 2.75) is 45.6 Å². The van der Waals surface area contributed by atoms with Crippen molar-refractivity contribution in [1.82, 2.24) is 0 Å². The number of para-hydroxylation sites is 6. The van der Waals surface area contributed by atoms with Crippen molar-refractivity contribution >= 4 is 34.5 Å². The Morgan fingerprint density at radius 2 is 1.23 bits per heavy atom. The van der Waals surface area contributed by atoms with Gasteiger partial charge in [-0.05, 0) is 119 Å². The van der Waals surface area contributed by atoms with Crippen LogP contribution >= 0.6 is 0 Å². The lowest BCUT2D eigenvalue weighted by Crippen LogP contribution is -2.35. The van der Waals surface area contributed by atoms with Crippen LogP contribution in [-0.2, 0) is 12.8 Å². The fourth-order valence-electron chi connectivity index (χ4n) is 9.32. The SMILES string of the molecule is CC1(C)C2=C(C=CC(N3c4ccccc4Oc4ccccc43)C2)C2=CC=C(C=Cc3ccc(N4c5ccccc5CCc5ccccc54)cc3)CC21. The van der Waals surface area contributed by atoms with Crippen LogP contribution in [0.5, 0.6) is 11.5 Å². The Morgan fingerprint density at radius 3 is 1.88 bits per heavy atom. The molecule has 3 heteroatoms. The molecule has 0 saturated carbocycles. The van der Waals surface area contributed by atoms with E-state index in [1.54, 1.807) is 5.57 Å². The van der Waals surface area contributed by atoms with Crippen LogP contribution in [-0.4, -0.2) is 6.04 Å². The fourth-order valence-corrected chi connectivity index (χ4v) is 9.32. The summed E-state index contributed by atoms with van der Waals surface area (Å²) in [4.78, 5) is 4.93. The van der Waals surface area contributed by atoms with Gasteiger partial charge < -0.3 is 14.5 Å². The van der Waals surface area contributed by atoms with Crippen molar-refractivity contribution in [3.8, 4) is 11.5 Å². The zero-order valence-corrected chi connectivity index (χ0v) is 29.8. The van der Waals surface area contributed by atoms with Crippen LogP contribution in [0.1, 0.15) is 43.4 Å². The van der Waals surface area contributed by atoms with E-state index in [0.29, 0.717) is 5.92 Å². The first kappa shape index (κ1) is 31.0. The van der Waals surface area contributed by atoms with Gasteiger partial charge >= 0.3 is 0 Å². The molecule has 0 saturated heterocycles. The normalized spacial score (nSPS) is 20.8. The molecule has 0 aromatic heterocycles. The summed E-state index contributed by atoms with van der Waals surface area (Å²) < 4.78 is 6.33. The van der Waals surface area contributed by atoms with Crippen LogP contribution in [0.2, 0.25) is 0 Å². The molecule has 0 bridgehead atoms. The van der Waals surface area contributed by atoms with E-state index in [4.69, 9.17) is 4.74 Å². The number of hydrogen-bond donors (Lipinski definition) is 0. The van der Waals surface area contributed by atoms with E-state index in [-0.39, 0.29) is 11.5 Å². The minimum absolute atomic E-state index is 0.0598. The number of anilines is 5. The standard InChI is InChI=1S/C49H42N2O/c1-49(2)41-31-34(20-19-33-21-26-37(27-22-33)50-43-13-5-3-11-35(43)24-25-36-12-4-6-14-44(36)50)23-29-39(41)40-30-28-38(32-42(40)49)51-45-15-7-9-17-47(45)52-48-18-10-8-16-46(48)51/h3-23,26-30,38,41H,24-25,31-32H2,1-2H3. The Bertz CT molecular complexity index is 2290. The van der Waals surface area contributed by atoms with Crippen LogP contribution in [0, 0.1) is 11.3 Å². The third-order valence-corrected chi connectivity index (χ3v) is 12.0. The van der Waals surface area contributed by atoms with E-state index in [9.17, 15) is 0 Å². The molecule has 2 aliphatic heterocycles. The van der Waals surface area contributed by atoms with E-state index in [1.165, 1.54) is 50.5 Å². The Morgan fingerprint density at radius 1 is 0.635 bits per heavy atom. The average molecular weight is 675 g/mol. The molecule has 0 amide bonds. The van der Waals surface area contributed by atoms with Crippen molar-refractivity contribution in [3.05, 3.63) is 191 Å². The molecule has 5 aromatic rings. The molecular formula is C49H42N2O. The highest BCUT2D eigenvalue weighted by atomic mass is 16.5. The summed E-state index contributed by atoms with van der Waals surface area (Å²) in [5.41, 5.74) is 16.0. The summed E-state index contributed by atoms with van der Waals surface area (Å²) in [6, 6.07) is 43.9. The van der Waals surface area contributed by atoms with Gasteiger partial charge in [0.2, 0.25) is 0 Å². The van der Waals surface area contributed by atoms with Gasteiger partial charge in [0.1, 0.15) is 0 Å². The number of rotatable bonds is 4. The molecule has 2 unspecified atom stereocenters. The smallest absolute Gasteiger partial charge is 0.151 e. The lowest BCUT2D eigenvalue weighted by atomic mass is 9.70. The third-order valence-electron chi connectivity index (χ3n) is 12.0. The van der Waals surface area contributed by atoms with Crippen molar-refractivity contribution in [2.75, 3.05) is 9.80 Å². The third kappa shape index (κ3) is 5.02. The first-order valence-corrected chi connectivity index (χ1v) is 18.8. The number of nitrogens with zero attached hydrogens (tertiary/aromatic N) is 2. The Hall–Kier alpha value is -5.80. The van der Waals surface area contributed by atoms with Crippen molar-refractivity contribution in [3.63, 3.8) is 0 Å². The molecule has 3 aliphatic carbocycles. The highest BCUT2D eigenvalue weighted by molar-refractivity contribution is 5.82. The second-order valence-electron chi connectivity index (χ2n) is 15.3. The minimum Gasteiger partial charge on any atom is -0.453 e. The van der Waals surface area contributed by atoms with E-state index < -0.39 is 0 Å². The summed E-state index contributed by atoms with van der Waals surface area (Å²) in [6.45, 7) is 4.94. The Labute approximate surface area is 307 Å². The van der Waals surface area contributed by atoms with E-state index in [0.717, 1.165) is 48.6 Å². The molecule has 0 fully saturated rings. The summed E-state index contributed by atoms with van der Waals surface area (Å²) in [5, 5.41) is 0. The summed E-state index contributed by atoms with van der Waals surface area (Å²) in [5.74, 6) is 2.30. The van der Waals surface area contributed by atoms with Gasteiger partial charge in [-0.1, -0.05) is 129 Å². The van der Waals surface area contributed by atoms with Crippen molar-refractivity contribution in [2.24, 2.45) is 11.3 Å². The average Bonchev–Trinajstić information content (AvgIpc) is 3.29. The van der Waals surface area contributed by atoms with Crippen LogP contribution in [0.15, 0.2) is 174 Å². The van der Waals surface area contributed by atoms with Crippen LogP contribution < -0.4 is 14.5 Å². The number of ether oxygens (including phenoxy) is 1. The molecule has 0 N–H and O–H groups in total. The first-order chi connectivity index (χ1) is 25.5. The first-order valence-electron chi connectivity index (χ1n) is 18.8. The molecule has 2 atom stereocenters. The second kappa shape index (κ2) is 12.2. The molecule has 5 aromatic carbocycles. The maximum Gasteiger partial charge on any atom is 0.151 e. The maximum atomic E-state index is 6.33. The number of allylic oxidation sites excluding steroid dienone is 7. The molecule has 10 rings (SSSR count). The quantitative estimate of drug-likeness (QED) is 0.189. The van der Waals surface area contributed by atoms with E-state index >= 15 is 0 Å². The summed E-state index contributed by atoms with van der Waals surface area (Å²) in [7, 11) is 0. The molecule has 5 aliphatic rings. The molecule has 0 radical (unpaired) electrons. The van der Waals surface area contributed by atoms with Gasteiger partial charge in [-0.15, -0.1) is 0 Å². The fraction of sp³-hybridized carbons (Fsp3) is 0.184. The second-order valence-corrected chi connectivity index (χ2v) is 15.3. The van der Waals surface area contributed by atoms with Gasteiger partial charge in [-0.3, -0.25) is 0 Å². The molecule has 254 valence electrons. The van der Waals surface area contributed by atoms with Gasteiger partial charge in [-0.25, -0.2) is 0 Å². The van der Waals surface area contributed by atoms with Crippen molar-refractivity contribution < 1.29 is 4.74 Å². The minimum atomic E-state index is 0.0598. The van der Waals surface area contributed by atoms with Gasteiger partial charge in [0, 0.05) is 17.1 Å².